The summed E-state index contributed by atoms with van der Waals surface area (Å²) in [5, 5.41) is 1.29. The zero-order valence-corrected chi connectivity index (χ0v) is 11.6. The van der Waals surface area contributed by atoms with E-state index in [2.05, 4.69) is 0 Å². The van der Waals surface area contributed by atoms with Crippen molar-refractivity contribution in [3.8, 4) is 5.75 Å². The molecule has 0 spiro atoms. The van der Waals surface area contributed by atoms with Crippen LogP contribution in [0.1, 0.15) is 18.4 Å². The van der Waals surface area contributed by atoms with Gasteiger partial charge in [-0.25, -0.2) is 0 Å². The van der Waals surface area contributed by atoms with Crippen LogP contribution in [-0.2, 0) is 11.3 Å². The van der Waals surface area contributed by atoms with Gasteiger partial charge in [-0.15, -0.1) is 0 Å². The predicted molar refractivity (Wildman–Crippen MR) is 73.8 cm³/mol. The summed E-state index contributed by atoms with van der Waals surface area (Å²) >= 11 is 12.2. The average molecular weight is 285 g/mol. The lowest BCUT2D eigenvalue weighted by Gasteiger charge is -2.15. The Hall–Kier alpha value is -1.12. The number of methoxy groups -OCH3 is 1. The highest BCUT2D eigenvalue weighted by Crippen LogP contribution is 2.31. The van der Waals surface area contributed by atoms with Crippen LogP contribution in [0.5, 0.6) is 5.75 Å². The van der Waals surface area contributed by atoms with Crippen LogP contribution in [-0.4, -0.2) is 7.11 Å². The third-order valence-electron chi connectivity index (χ3n) is 2.69. The molecule has 2 nitrogen and oxygen atoms in total. The van der Waals surface area contributed by atoms with Crippen LogP contribution >= 0.6 is 23.2 Å². The largest absolute Gasteiger partial charge is 0.497 e. The molecule has 0 N–H and O–H groups in total. The Morgan fingerprint density at radius 1 is 1.17 bits per heavy atom. The van der Waals surface area contributed by atoms with Crippen molar-refractivity contribution in [1.82, 2.24) is 0 Å². The van der Waals surface area contributed by atoms with Crippen LogP contribution in [0.2, 0.25) is 0 Å². The minimum Gasteiger partial charge on any atom is -0.497 e. The fourth-order valence-electron chi connectivity index (χ4n) is 1.69. The summed E-state index contributed by atoms with van der Waals surface area (Å²) in [6.45, 7) is 0.444. The highest BCUT2D eigenvalue weighted by Gasteiger charge is 2.14. The molecule has 0 heterocycles. The number of halogens is 2. The summed E-state index contributed by atoms with van der Waals surface area (Å²) in [7, 11) is 1.64. The van der Waals surface area contributed by atoms with Crippen molar-refractivity contribution < 1.29 is 9.47 Å². The number of hydrogen-bond donors (Lipinski definition) is 0. The third-order valence-corrected chi connectivity index (χ3v) is 3.38. The maximum Gasteiger partial charge on any atom is 0.152 e. The van der Waals surface area contributed by atoms with Crippen LogP contribution in [0.25, 0.3) is 0 Å². The van der Waals surface area contributed by atoms with Gasteiger partial charge in [0.2, 0.25) is 0 Å². The van der Waals surface area contributed by atoms with E-state index in [-0.39, 0.29) is 0 Å². The average Bonchev–Trinajstić information content (AvgIpc) is 2.39. The second kappa shape index (κ2) is 6.17. The van der Waals surface area contributed by atoms with Gasteiger partial charge in [0.1, 0.15) is 12.4 Å². The SMILES string of the molecule is COc1ccc(COC2=C(Cl)CCC=C2Cl)cc1. The summed E-state index contributed by atoms with van der Waals surface area (Å²) in [5.74, 6) is 1.42. The Balaban J connectivity index is 2.00. The first-order chi connectivity index (χ1) is 8.70. The minimum atomic E-state index is 0.444. The van der Waals surface area contributed by atoms with E-state index in [1.807, 2.05) is 30.3 Å². The van der Waals surface area contributed by atoms with Gasteiger partial charge < -0.3 is 9.47 Å². The molecule has 0 bridgehead atoms. The number of hydrogen-bond acceptors (Lipinski definition) is 2. The summed E-state index contributed by atoms with van der Waals surface area (Å²) in [4.78, 5) is 0. The second-order valence-corrected chi connectivity index (χ2v) is 4.82. The molecule has 0 radical (unpaired) electrons. The molecule has 0 atom stereocenters. The van der Waals surface area contributed by atoms with Gasteiger partial charge in [0.05, 0.1) is 17.2 Å². The lowest BCUT2D eigenvalue weighted by atomic mass is 10.1. The maximum atomic E-state index is 6.10. The summed E-state index contributed by atoms with van der Waals surface area (Å²) in [6, 6.07) is 7.70. The molecule has 2 rings (SSSR count). The third kappa shape index (κ3) is 3.21. The van der Waals surface area contributed by atoms with E-state index < -0.39 is 0 Å². The first-order valence-electron chi connectivity index (χ1n) is 5.71. The Labute approximate surface area is 117 Å². The molecule has 0 unspecified atom stereocenters. The van der Waals surface area contributed by atoms with Crippen molar-refractivity contribution >= 4 is 23.2 Å². The van der Waals surface area contributed by atoms with E-state index in [0.29, 0.717) is 22.4 Å². The van der Waals surface area contributed by atoms with Crippen LogP contribution in [0, 0.1) is 0 Å². The van der Waals surface area contributed by atoms with E-state index in [4.69, 9.17) is 32.7 Å². The molecular formula is C14H14Cl2O2. The van der Waals surface area contributed by atoms with Gasteiger partial charge in [0.25, 0.3) is 0 Å². The molecule has 0 fully saturated rings. The highest BCUT2D eigenvalue weighted by atomic mass is 35.5. The fourth-order valence-corrected chi connectivity index (χ4v) is 2.28. The summed E-state index contributed by atoms with van der Waals surface area (Å²) < 4.78 is 10.8. The van der Waals surface area contributed by atoms with Crippen molar-refractivity contribution in [3.05, 3.63) is 51.7 Å². The standard InChI is InChI=1S/C14H14Cl2O2/c1-17-11-7-5-10(6-8-11)9-18-14-12(15)3-2-4-13(14)16/h3,5-8H,2,4,9H2,1H3. The monoisotopic (exact) mass is 284 g/mol. The normalized spacial score (nSPS) is 15.4. The molecule has 1 aliphatic carbocycles. The van der Waals surface area contributed by atoms with Crippen molar-refractivity contribution in [2.24, 2.45) is 0 Å². The van der Waals surface area contributed by atoms with Crippen LogP contribution < -0.4 is 4.74 Å². The van der Waals surface area contributed by atoms with Gasteiger partial charge in [-0.2, -0.15) is 0 Å². The van der Waals surface area contributed by atoms with Crippen LogP contribution in [0.15, 0.2) is 46.2 Å². The van der Waals surface area contributed by atoms with E-state index in [1.165, 1.54) is 0 Å². The van der Waals surface area contributed by atoms with E-state index >= 15 is 0 Å². The Morgan fingerprint density at radius 3 is 2.50 bits per heavy atom. The van der Waals surface area contributed by atoms with E-state index in [0.717, 1.165) is 24.2 Å². The molecule has 96 valence electrons. The van der Waals surface area contributed by atoms with Crippen molar-refractivity contribution in [2.75, 3.05) is 7.11 Å². The molecule has 1 aromatic rings. The molecule has 1 aliphatic rings. The lowest BCUT2D eigenvalue weighted by Crippen LogP contribution is -2.00. The zero-order chi connectivity index (χ0) is 13.0. The fraction of sp³-hybridized carbons (Fsp3) is 0.286. The zero-order valence-electron chi connectivity index (χ0n) is 10.1. The van der Waals surface area contributed by atoms with Crippen molar-refractivity contribution in [2.45, 2.75) is 19.4 Å². The molecular weight excluding hydrogens is 271 g/mol. The second-order valence-electron chi connectivity index (χ2n) is 3.96. The molecule has 0 aromatic heterocycles. The Morgan fingerprint density at radius 2 is 1.89 bits per heavy atom. The molecule has 18 heavy (non-hydrogen) atoms. The van der Waals surface area contributed by atoms with E-state index in [1.54, 1.807) is 7.11 Å². The highest BCUT2D eigenvalue weighted by molar-refractivity contribution is 6.35. The quantitative estimate of drug-likeness (QED) is 0.806. The Kier molecular flexibility index (Phi) is 4.56. The smallest absolute Gasteiger partial charge is 0.152 e. The first kappa shape index (κ1) is 13.3. The number of rotatable bonds is 4. The summed E-state index contributed by atoms with van der Waals surface area (Å²) in [6.07, 6.45) is 3.58. The van der Waals surface area contributed by atoms with Gasteiger partial charge in [-0.05, 0) is 30.5 Å². The van der Waals surface area contributed by atoms with Crippen LogP contribution in [0.4, 0.5) is 0 Å². The van der Waals surface area contributed by atoms with Gasteiger partial charge in [0, 0.05) is 0 Å². The minimum absolute atomic E-state index is 0.444. The molecule has 0 saturated heterocycles. The topological polar surface area (TPSA) is 18.5 Å². The molecule has 0 saturated carbocycles. The Bertz CT molecular complexity index is 475. The van der Waals surface area contributed by atoms with Crippen molar-refractivity contribution in [3.63, 3.8) is 0 Å². The molecule has 0 amide bonds. The van der Waals surface area contributed by atoms with Gasteiger partial charge in [-0.3, -0.25) is 0 Å². The lowest BCUT2D eigenvalue weighted by molar-refractivity contribution is 0.206. The first-order valence-corrected chi connectivity index (χ1v) is 6.46. The van der Waals surface area contributed by atoms with Gasteiger partial charge in [-0.1, -0.05) is 41.4 Å². The van der Waals surface area contributed by atoms with E-state index in [9.17, 15) is 0 Å². The van der Waals surface area contributed by atoms with Gasteiger partial charge >= 0.3 is 0 Å². The predicted octanol–water partition coefficient (Wildman–Crippen LogP) is 4.58. The number of ether oxygens (including phenoxy) is 2. The van der Waals surface area contributed by atoms with Gasteiger partial charge in [0.15, 0.2) is 5.76 Å². The van der Waals surface area contributed by atoms with Crippen LogP contribution in [0.3, 0.4) is 0 Å². The number of benzene rings is 1. The maximum absolute atomic E-state index is 6.10. The summed E-state index contributed by atoms with van der Waals surface area (Å²) in [5.41, 5.74) is 1.04. The molecule has 4 heteroatoms. The van der Waals surface area contributed by atoms with Crippen molar-refractivity contribution in [1.29, 1.82) is 0 Å². The molecule has 1 aromatic carbocycles. The molecule has 0 aliphatic heterocycles. The number of allylic oxidation sites excluding steroid dienone is 3.